The minimum absolute atomic E-state index is 0.0149. The summed E-state index contributed by atoms with van der Waals surface area (Å²) in [5.74, 6) is -0.496. The van der Waals surface area contributed by atoms with Gasteiger partial charge < -0.3 is 15.7 Å². The molecule has 8 heteroatoms. The first kappa shape index (κ1) is 15.9. The van der Waals surface area contributed by atoms with Gasteiger partial charge in [-0.05, 0) is 23.8 Å². The van der Waals surface area contributed by atoms with E-state index in [-0.39, 0.29) is 22.9 Å². The molecule has 0 amide bonds. The smallest absolute Gasteiger partial charge is 0.335 e. The molecule has 0 saturated heterocycles. The second kappa shape index (κ2) is 6.53. The molecule has 1 aromatic heterocycles. The van der Waals surface area contributed by atoms with E-state index >= 15 is 0 Å². The molecule has 23 heavy (non-hydrogen) atoms. The van der Waals surface area contributed by atoms with Crippen LogP contribution in [0.3, 0.4) is 0 Å². The standard InChI is InChI=1S/C15H14N6O2/c1-21(2)15-19-12(18-14(17)20-15)11(8-16)7-9-3-5-10(6-4-9)13(22)23/h3-7H,1-2H3,(H,22,23)(H2,17,18,19,20)/b11-7+. The van der Waals surface area contributed by atoms with Crippen LogP contribution in [0.2, 0.25) is 0 Å². The molecule has 0 aliphatic heterocycles. The molecular weight excluding hydrogens is 296 g/mol. The highest BCUT2D eigenvalue weighted by Gasteiger charge is 2.11. The largest absolute Gasteiger partial charge is 0.478 e. The molecule has 1 aromatic carbocycles. The summed E-state index contributed by atoms with van der Waals surface area (Å²) in [6, 6.07) is 8.12. The number of nitrogen functional groups attached to an aromatic ring is 1. The van der Waals surface area contributed by atoms with Crippen LogP contribution >= 0.6 is 0 Å². The van der Waals surface area contributed by atoms with Crippen molar-refractivity contribution in [2.75, 3.05) is 24.7 Å². The molecular formula is C15H14N6O2. The number of allylic oxidation sites excluding steroid dienone is 1. The van der Waals surface area contributed by atoms with Crippen LogP contribution in [0.1, 0.15) is 21.7 Å². The Hall–Kier alpha value is -3.47. The van der Waals surface area contributed by atoms with Gasteiger partial charge in [0.25, 0.3) is 0 Å². The van der Waals surface area contributed by atoms with Gasteiger partial charge in [-0.3, -0.25) is 0 Å². The summed E-state index contributed by atoms with van der Waals surface area (Å²) in [6.07, 6.45) is 1.56. The van der Waals surface area contributed by atoms with Crippen LogP contribution in [0.15, 0.2) is 24.3 Å². The summed E-state index contributed by atoms with van der Waals surface area (Å²) in [5.41, 5.74) is 6.66. The lowest BCUT2D eigenvalue weighted by atomic mass is 10.1. The Morgan fingerprint density at radius 1 is 1.26 bits per heavy atom. The van der Waals surface area contributed by atoms with Gasteiger partial charge in [0, 0.05) is 14.1 Å². The lowest BCUT2D eigenvalue weighted by molar-refractivity contribution is 0.0697. The zero-order valence-corrected chi connectivity index (χ0v) is 12.6. The third-order valence-electron chi connectivity index (χ3n) is 2.87. The molecule has 3 N–H and O–H groups in total. The molecule has 0 spiro atoms. The zero-order chi connectivity index (χ0) is 17.0. The Morgan fingerprint density at radius 3 is 2.43 bits per heavy atom. The lowest BCUT2D eigenvalue weighted by Crippen LogP contribution is -2.15. The number of benzene rings is 1. The first-order chi connectivity index (χ1) is 10.9. The van der Waals surface area contributed by atoms with E-state index in [1.807, 2.05) is 6.07 Å². The monoisotopic (exact) mass is 310 g/mol. The summed E-state index contributed by atoms with van der Waals surface area (Å²) < 4.78 is 0. The van der Waals surface area contributed by atoms with E-state index in [1.165, 1.54) is 12.1 Å². The number of anilines is 2. The van der Waals surface area contributed by atoms with E-state index in [0.29, 0.717) is 11.5 Å². The highest BCUT2D eigenvalue weighted by Crippen LogP contribution is 2.17. The topological polar surface area (TPSA) is 129 Å². The number of aromatic nitrogens is 3. The maximum atomic E-state index is 10.8. The summed E-state index contributed by atoms with van der Waals surface area (Å²) in [6.45, 7) is 0. The second-order valence-corrected chi connectivity index (χ2v) is 4.81. The Labute approximate surface area is 132 Å². The average molecular weight is 310 g/mol. The van der Waals surface area contributed by atoms with Crippen molar-refractivity contribution in [2.45, 2.75) is 0 Å². The van der Waals surface area contributed by atoms with E-state index in [1.54, 1.807) is 37.2 Å². The van der Waals surface area contributed by atoms with Crippen LogP contribution in [-0.2, 0) is 0 Å². The molecule has 0 bridgehead atoms. The number of carboxylic acid groups (broad SMARTS) is 1. The molecule has 0 fully saturated rings. The summed E-state index contributed by atoms with van der Waals surface area (Å²) in [7, 11) is 3.50. The summed E-state index contributed by atoms with van der Waals surface area (Å²) in [5, 5.41) is 18.2. The first-order valence-electron chi connectivity index (χ1n) is 6.55. The van der Waals surface area contributed by atoms with Crippen LogP contribution in [-0.4, -0.2) is 40.1 Å². The van der Waals surface area contributed by atoms with E-state index in [9.17, 15) is 10.1 Å². The lowest BCUT2D eigenvalue weighted by Gasteiger charge is -2.11. The number of hydrogen-bond donors (Lipinski definition) is 2. The number of nitriles is 1. The number of nitrogens with zero attached hydrogens (tertiary/aromatic N) is 5. The van der Waals surface area contributed by atoms with Gasteiger partial charge in [0.05, 0.1) is 11.1 Å². The molecule has 0 aliphatic rings. The number of rotatable bonds is 4. The van der Waals surface area contributed by atoms with Crippen LogP contribution < -0.4 is 10.6 Å². The molecule has 0 radical (unpaired) electrons. The van der Waals surface area contributed by atoms with Crippen molar-refractivity contribution in [1.82, 2.24) is 15.0 Å². The minimum atomic E-state index is -1.01. The number of carboxylic acids is 1. The third kappa shape index (κ3) is 3.79. The molecule has 116 valence electrons. The van der Waals surface area contributed by atoms with Crippen molar-refractivity contribution in [1.29, 1.82) is 5.26 Å². The van der Waals surface area contributed by atoms with Crippen molar-refractivity contribution in [3.05, 3.63) is 41.2 Å². The molecule has 0 unspecified atom stereocenters. The molecule has 0 atom stereocenters. The van der Waals surface area contributed by atoms with E-state index in [2.05, 4.69) is 15.0 Å². The van der Waals surface area contributed by atoms with Crippen LogP contribution in [0.5, 0.6) is 0 Å². The van der Waals surface area contributed by atoms with E-state index in [4.69, 9.17) is 10.8 Å². The quantitative estimate of drug-likeness (QED) is 0.808. The SMILES string of the molecule is CN(C)c1nc(N)nc(/C(C#N)=C/c2ccc(C(=O)O)cc2)n1. The Balaban J connectivity index is 2.43. The maximum absolute atomic E-state index is 10.8. The second-order valence-electron chi connectivity index (χ2n) is 4.81. The summed E-state index contributed by atoms with van der Waals surface area (Å²) >= 11 is 0. The van der Waals surface area contributed by atoms with Crippen molar-refractivity contribution in [3.8, 4) is 6.07 Å². The van der Waals surface area contributed by atoms with E-state index < -0.39 is 5.97 Å². The van der Waals surface area contributed by atoms with E-state index in [0.717, 1.165) is 0 Å². The van der Waals surface area contributed by atoms with Gasteiger partial charge in [0.15, 0.2) is 5.82 Å². The van der Waals surface area contributed by atoms with Crippen LogP contribution in [0.25, 0.3) is 11.6 Å². The fourth-order valence-electron chi connectivity index (χ4n) is 1.74. The van der Waals surface area contributed by atoms with Crippen LogP contribution in [0, 0.1) is 11.3 Å². The number of nitrogens with two attached hydrogens (primary N) is 1. The van der Waals surface area contributed by atoms with Crippen LogP contribution in [0.4, 0.5) is 11.9 Å². The Kier molecular flexibility index (Phi) is 4.52. The minimum Gasteiger partial charge on any atom is -0.478 e. The molecule has 1 heterocycles. The maximum Gasteiger partial charge on any atom is 0.335 e. The fraction of sp³-hybridized carbons (Fsp3) is 0.133. The van der Waals surface area contributed by atoms with Gasteiger partial charge >= 0.3 is 5.97 Å². The number of carbonyl (C=O) groups is 1. The first-order valence-corrected chi connectivity index (χ1v) is 6.55. The highest BCUT2D eigenvalue weighted by molar-refractivity contribution is 5.90. The normalized spacial score (nSPS) is 10.9. The molecule has 2 aromatic rings. The predicted octanol–water partition coefficient (Wildman–Crippen LogP) is 1.28. The molecule has 0 aliphatic carbocycles. The predicted molar refractivity (Wildman–Crippen MR) is 85.5 cm³/mol. The van der Waals surface area contributed by atoms with Gasteiger partial charge in [-0.25, -0.2) is 4.79 Å². The summed E-state index contributed by atoms with van der Waals surface area (Å²) in [4.78, 5) is 24.6. The Bertz CT molecular complexity index is 806. The van der Waals surface area contributed by atoms with Gasteiger partial charge in [-0.15, -0.1) is 0 Å². The highest BCUT2D eigenvalue weighted by atomic mass is 16.4. The average Bonchev–Trinajstić information content (AvgIpc) is 2.52. The zero-order valence-electron chi connectivity index (χ0n) is 12.6. The van der Waals surface area contributed by atoms with Gasteiger partial charge in [0.2, 0.25) is 11.9 Å². The molecule has 8 nitrogen and oxygen atoms in total. The molecule has 2 rings (SSSR count). The van der Waals surface area contributed by atoms with Gasteiger partial charge in [-0.2, -0.15) is 20.2 Å². The van der Waals surface area contributed by atoms with Crippen molar-refractivity contribution in [2.24, 2.45) is 0 Å². The fourth-order valence-corrected chi connectivity index (χ4v) is 1.74. The third-order valence-corrected chi connectivity index (χ3v) is 2.87. The Morgan fingerprint density at radius 2 is 1.91 bits per heavy atom. The van der Waals surface area contributed by atoms with Crippen molar-refractivity contribution < 1.29 is 9.90 Å². The van der Waals surface area contributed by atoms with Gasteiger partial charge in [-0.1, -0.05) is 12.1 Å². The van der Waals surface area contributed by atoms with Crippen molar-refractivity contribution in [3.63, 3.8) is 0 Å². The number of hydrogen-bond acceptors (Lipinski definition) is 7. The molecule has 0 saturated carbocycles. The van der Waals surface area contributed by atoms with Crippen molar-refractivity contribution >= 4 is 29.5 Å². The van der Waals surface area contributed by atoms with Gasteiger partial charge in [0.1, 0.15) is 6.07 Å². The number of aromatic carboxylic acids is 1.